The van der Waals surface area contributed by atoms with Gasteiger partial charge in [-0.2, -0.15) is 0 Å². The number of aliphatic hydroxyl groups is 2. The Labute approximate surface area is 194 Å². The molecule has 2 aromatic carbocycles. The third-order valence-corrected chi connectivity index (χ3v) is 5.18. The van der Waals surface area contributed by atoms with Gasteiger partial charge in [0.1, 0.15) is 5.76 Å². The maximum atomic E-state index is 13.0. The number of nitrogens with zero attached hydrogens (tertiary/aromatic N) is 2. The highest BCUT2D eigenvalue weighted by molar-refractivity contribution is 6.46. The lowest BCUT2D eigenvalue weighted by atomic mass is 9.95. The van der Waals surface area contributed by atoms with E-state index in [4.69, 9.17) is 14.6 Å². The van der Waals surface area contributed by atoms with Crippen molar-refractivity contribution in [3.8, 4) is 11.5 Å². The Bertz CT molecular complexity index is 1130. The van der Waals surface area contributed by atoms with Crippen molar-refractivity contribution in [3.05, 3.63) is 69.3 Å². The van der Waals surface area contributed by atoms with E-state index in [1.807, 2.05) is 0 Å². The number of ketones is 1. The molecule has 1 aliphatic rings. The smallest absolute Gasteiger partial charge is 0.295 e. The van der Waals surface area contributed by atoms with Crippen molar-refractivity contribution in [2.75, 3.05) is 33.0 Å². The third kappa shape index (κ3) is 5.00. The van der Waals surface area contributed by atoms with Crippen LogP contribution in [0.5, 0.6) is 11.5 Å². The molecular weight excluding hydrogens is 448 g/mol. The molecule has 0 spiro atoms. The fourth-order valence-corrected chi connectivity index (χ4v) is 3.68. The number of carbonyl (C=O) groups is 2. The number of amides is 1. The summed E-state index contributed by atoms with van der Waals surface area (Å²) in [6.07, 6.45) is 0. The van der Waals surface area contributed by atoms with Crippen LogP contribution in [0.1, 0.15) is 24.1 Å². The summed E-state index contributed by atoms with van der Waals surface area (Å²) in [5.41, 5.74) is -0.191. The summed E-state index contributed by atoms with van der Waals surface area (Å²) < 4.78 is 10.7. The number of benzene rings is 2. The van der Waals surface area contributed by atoms with Gasteiger partial charge in [-0.05, 0) is 24.6 Å². The molecule has 1 fully saturated rings. The Morgan fingerprint density at radius 1 is 1.18 bits per heavy atom. The number of likely N-dealkylation sites (tertiary alicyclic amines) is 1. The summed E-state index contributed by atoms with van der Waals surface area (Å²) in [7, 11) is 0. The van der Waals surface area contributed by atoms with Crippen molar-refractivity contribution in [1.29, 1.82) is 0 Å². The zero-order valence-electron chi connectivity index (χ0n) is 18.3. The maximum absolute atomic E-state index is 13.0. The van der Waals surface area contributed by atoms with E-state index in [1.54, 1.807) is 6.92 Å². The topological polar surface area (TPSA) is 160 Å². The maximum Gasteiger partial charge on any atom is 0.295 e. The molecule has 34 heavy (non-hydrogen) atoms. The van der Waals surface area contributed by atoms with Crippen molar-refractivity contribution in [3.63, 3.8) is 0 Å². The van der Waals surface area contributed by atoms with Gasteiger partial charge in [0.05, 0.1) is 43.0 Å². The summed E-state index contributed by atoms with van der Waals surface area (Å²) in [5.74, 6) is -2.46. The first-order valence-corrected chi connectivity index (χ1v) is 10.5. The highest BCUT2D eigenvalue weighted by Gasteiger charge is 2.46. The van der Waals surface area contributed by atoms with Gasteiger partial charge in [-0.15, -0.1) is 0 Å². The van der Waals surface area contributed by atoms with Gasteiger partial charge in [-0.25, -0.2) is 0 Å². The minimum Gasteiger partial charge on any atom is -0.507 e. The summed E-state index contributed by atoms with van der Waals surface area (Å²) in [6.45, 7) is 1.77. The van der Waals surface area contributed by atoms with Gasteiger partial charge in [0, 0.05) is 24.2 Å². The second-order valence-corrected chi connectivity index (χ2v) is 7.30. The second-order valence-electron chi connectivity index (χ2n) is 7.30. The molecule has 2 aromatic rings. The number of non-ortho nitro benzene ring substituents is 1. The average molecular weight is 472 g/mol. The molecule has 1 atom stereocenters. The molecule has 3 rings (SSSR count). The first kappa shape index (κ1) is 24.7. The van der Waals surface area contributed by atoms with Crippen LogP contribution in [0.2, 0.25) is 0 Å². The van der Waals surface area contributed by atoms with Crippen molar-refractivity contribution < 1.29 is 39.3 Å². The van der Waals surface area contributed by atoms with Gasteiger partial charge in [-0.1, -0.05) is 18.2 Å². The minimum atomic E-state index is -1.07. The number of phenols is 1. The molecule has 0 saturated carbocycles. The molecular formula is C23H24N2O9. The molecule has 3 N–H and O–H groups in total. The molecule has 1 aliphatic heterocycles. The molecule has 0 aromatic heterocycles. The number of carbonyl (C=O) groups excluding carboxylic acids is 2. The molecule has 0 unspecified atom stereocenters. The monoisotopic (exact) mass is 472 g/mol. The number of rotatable bonds is 10. The number of ether oxygens (including phenoxy) is 2. The van der Waals surface area contributed by atoms with Crippen LogP contribution in [0.3, 0.4) is 0 Å². The lowest BCUT2D eigenvalue weighted by molar-refractivity contribution is -0.384. The van der Waals surface area contributed by atoms with Crippen LogP contribution in [0.4, 0.5) is 5.69 Å². The van der Waals surface area contributed by atoms with E-state index in [0.29, 0.717) is 5.56 Å². The van der Waals surface area contributed by atoms with Gasteiger partial charge in [0.15, 0.2) is 11.5 Å². The fourth-order valence-electron chi connectivity index (χ4n) is 3.68. The van der Waals surface area contributed by atoms with Gasteiger partial charge in [-0.3, -0.25) is 19.7 Å². The number of Topliss-reactive ketones (excluding diaryl/α,β-unsaturated/α-hetero) is 1. The fraction of sp³-hybridized carbons (Fsp3) is 0.304. The van der Waals surface area contributed by atoms with E-state index in [-0.39, 0.29) is 61.3 Å². The molecule has 1 amide bonds. The Kier molecular flexibility index (Phi) is 7.82. The molecule has 11 heteroatoms. The van der Waals surface area contributed by atoms with Crippen LogP contribution in [0, 0.1) is 10.1 Å². The van der Waals surface area contributed by atoms with E-state index in [2.05, 4.69) is 0 Å². The summed E-state index contributed by atoms with van der Waals surface area (Å²) >= 11 is 0. The van der Waals surface area contributed by atoms with Crippen LogP contribution in [-0.4, -0.2) is 69.8 Å². The third-order valence-electron chi connectivity index (χ3n) is 5.18. The summed E-state index contributed by atoms with van der Waals surface area (Å²) in [6, 6.07) is 8.29. The number of phenolic OH excluding ortho intramolecular Hbond substituents is 1. The predicted octanol–water partition coefficient (Wildman–Crippen LogP) is 2.13. The van der Waals surface area contributed by atoms with Crippen molar-refractivity contribution in [2.24, 2.45) is 0 Å². The van der Waals surface area contributed by atoms with Crippen molar-refractivity contribution in [2.45, 2.75) is 13.0 Å². The van der Waals surface area contributed by atoms with Crippen LogP contribution in [0.15, 0.2) is 48.0 Å². The highest BCUT2D eigenvalue weighted by atomic mass is 16.6. The standard InChI is InChI=1S/C23H24N2O9/c1-2-34-18-13-14(6-7-17(18)27)20-19(21(28)15-4-3-5-16(12-15)25(31)32)22(29)23(30)24(20)8-10-33-11-9-26/h3-7,12-13,20,26-28H,2,8-11H2,1H3/b21-19+/t20-/m0/s1. The Balaban J connectivity index is 2.14. The lowest BCUT2D eigenvalue weighted by Gasteiger charge is -2.25. The van der Waals surface area contributed by atoms with Gasteiger partial charge >= 0.3 is 0 Å². The largest absolute Gasteiger partial charge is 0.507 e. The predicted molar refractivity (Wildman–Crippen MR) is 119 cm³/mol. The Morgan fingerprint density at radius 3 is 2.62 bits per heavy atom. The second kappa shape index (κ2) is 10.8. The number of hydrogen-bond donors (Lipinski definition) is 3. The van der Waals surface area contributed by atoms with Gasteiger partial charge in [0.25, 0.3) is 17.4 Å². The minimum absolute atomic E-state index is 0.00228. The molecule has 11 nitrogen and oxygen atoms in total. The Hall–Kier alpha value is -3.96. The molecule has 180 valence electrons. The van der Waals surface area contributed by atoms with E-state index >= 15 is 0 Å². The number of nitro groups is 1. The molecule has 0 bridgehead atoms. The van der Waals surface area contributed by atoms with Crippen molar-refractivity contribution >= 4 is 23.1 Å². The summed E-state index contributed by atoms with van der Waals surface area (Å²) in [5, 5.41) is 41.2. The first-order valence-electron chi connectivity index (χ1n) is 10.5. The zero-order chi connectivity index (χ0) is 24.8. The van der Waals surface area contributed by atoms with Crippen LogP contribution in [-0.2, 0) is 14.3 Å². The lowest BCUT2D eigenvalue weighted by Crippen LogP contribution is -2.33. The quantitative estimate of drug-likeness (QED) is 0.118. The molecule has 1 saturated heterocycles. The average Bonchev–Trinajstić information content (AvgIpc) is 3.08. The molecule has 1 heterocycles. The van der Waals surface area contributed by atoms with Crippen LogP contribution < -0.4 is 4.74 Å². The summed E-state index contributed by atoms with van der Waals surface area (Å²) in [4.78, 5) is 37.6. The van der Waals surface area contributed by atoms with Gasteiger partial charge in [0.2, 0.25) is 0 Å². The normalized spacial score (nSPS) is 17.2. The number of aliphatic hydroxyl groups excluding tert-OH is 2. The first-order chi connectivity index (χ1) is 16.3. The number of hydrogen-bond acceptors (Lipinski definition) is 9. The highest BCUT2D eigenvalue weighted by Crippen LogP contribution is 2.41. The van der Waals surface area contributed by atoms with Crippen LogP contribution >= 0.6 is 0 Å². The zero-order valence-corrected chi connectivity index (χ0v) is 18.3. The van der Waals surface area contributed by atoms with Gasteiger partial charge < -0.3 is 29.7 Å². The van der Waals surface area contributed by atoms with Crippen molar-refractivity contribution in [1.82, 2.24) is 4.90 Å². The molecule has 0 aliphatic carbocycles. The number of aromatic hydroxyl groups is 1. The van der Waals surface area contributed by atoms with E-state index in [0.717, 1.165) is 6.07 Å². The van der Waals surface area contributed by atoms with Crippen LogP contribution in [0.25, 0.3) is 5.76 Å². The van der Waals surface area contributed by atoms with E-state index < -0.39 is 28.4 Å². The SMILES string of the molecule is CCOc1cc([C@H]2/C(=C(\O)c3cccc([N+](=O)[O-])c3)C(=O)C(=O)N2CCOCCO)ccc1O. The van der Waals surface area contributed by atoms with E-state index in [1.165, 1.54) is 41.3 Å². The molecule has 0 radical (unpaired) electrons. The Morgan fingerprint density at radius 2 is 1.94 bits per heavy atom. The van der Waals surface area contributed by atoms with E-state index in [9.17, 15) is 29.9 Å². The number of nitro benzene ring substituents is 1.